The van der Waals surface area contributed by atoms with E-state index in [1.54, 1.807) is 0 Å². The van der Waals surface area contributed by atoms with Crippen LogP contribution >= 0.6 is 0 Å². The van der Waals surface area contributed by atoms with E-state index in [-0.39, 0.29) is 11.9 Å². The van der Waals surface area contributed by atoms with Crippen molar-refractivity contribution in [1.82, 2.24) is 0 Å². The summed E-state index contributed by atoms with van der Waals surface area (Å²) in [4.78, 5) is 12.2. The molecule has 2 heteroatoms. The van der Waals surface area contributed by atoms with Gasteiger partial charge in [0.05, 0.1) is 5.92 Å². The van der Waals surface area contributed by atoms with Crippen molar-refractivity contribution in [3.8, 4) is 0 Å². The zero-order valence-electron chi connectivity index (χ0n) is 13.6. The van der Waals surface area contributed by atoms with Crippen LogP contribution < -0.4 is 0 Å². The Labute approximate surface area is 133 Å². The first-order chi connectivity index (χ1) is 10.6. The summed E-state index contributed by atoms with van der Waals surface area (Å²) in [5.41, 5.74) is 3.32. The average molecular weight is 296 g/mol. The number of hydrogen-bond donors (Lipinski definition) is 0. The smallest absolute Gasteiger partial charge is 0.313 e. The Balaban J connectivity index is 1.92. The molecule has 0 N–H and O–H groups in total. The van der Waals surface area contributed by atoms with Gasteiger partial charge >= 0.3 is 5.97 Å². The fraction of sp³-hybridized carbons (Fsp3) is 0.350. The zero-order chi connectivity index (χ0) is 15.9. The Kier molecular flexibility index (Phi) is 5.76. The highest BCUT2D eigenvalue weighted by Gasteiger charge is 2.16. The maximum Gasteiger partial charge on any atom is 0.313 e. The second-order valence-corrected chi connectivity index (χ2v) is 6.15. The molecule has 0 saturated heterocycles. The number of carbonyl (C=O) groups excluding carboxylic acids is 1. The van der Waals surface area contributed by atoms with Gasteiger partial charge < -0.3 is 4.74 Å². The van der Waals surface area contributed by atoms with E-state index in [0.29, 0.717) is 12.5 Å². The Morgan fingerprint density at radius 3 is 2.14 bits per heavy atom. The van der Waals surface area contributed by atoms with Gasteiger partial charge in [0.1, 0.15) is 6.61 Å². The van der Waals surface area contributed by atoms with E-state index in [9.17, 15) is 4.79 Å². The minimum atomic E-state index is -0.239. The molecular formula is C20H24O2. The SMILES string of the molecule is CC(C)Cc1ccc([C@H](C)C(=O)OCc2ccccc2)cc1. The third-order valence-electron chi connectivity index (χ3n) is 3.70. The van der Waals surface area contributed by atoms with Crippen molar-refractivity contribution >= 4 is 5.97 Å². The molecule has 2 nitrogen and oxygen atoms in total. The van der Waals surface area contributed by atoms with Crippen LogP contribution in [-0.4, -0.2) is 5.97 Å². The van der Waals surface area contributed by atoms with Crippen LogP contribution in [0.25, 0.3) is 0 Å². The molecule has 0 heterocycles. The summed E-state index contributed by atoms with van der Waals surface area (Å²) in [6, 6.07) is 18.0. The molecule has 0 saturated carbocycles. The summed E-state index contributed by atoms with van der Waals surface area (Å²) in [6.07, 6.45) is 1.06. The molecule has 2 rings (SSSR count). The molecule has 0 unspecified atom stereocenters. The maximum atomic E-state index is 12.2. The van der Waals surface area contributed by atoms with Crippen molar-refractivity contribution in [3.63, 3.8) is 0 Å². The van der Waals surface area contributed by atoms with Crippen molar-refractivity contribution < 1.29 is 9.53 Å². The molecule has 0 fully saturated rings. The Morgan fingerprint density at radius 1 is 0.909 bits per heavy atom. The number of carbonyl (C=O) groups is 1. The van der Waals surface area contributed by atoms with E-state index in [0.717, 1.165) is 17.5 Å². The zero-order valence-corrected chi connectivity index (χ0v) is 13.6. The lowest BCUT2D eigenvalue weighted by Crippen LogP contribution is -2.13. The summed E-state index contributed by atoms with van der Waals surface area (Å²) in [5.74, 6) is 0.219. The van der Waals surface area contributed by atoms with Gasteiger partial charge in [-0.3, -0.25) is 4.79 Å². The van der Waals surface area contributed by atoms with Gasteiger partial charge in [0, 0.05) is 0 Å². The standard InChI is InChI=1S/C20H24O2/c1-15(2)13-17-9-11-19(12-10-17)16(3)20(21)22-14-18-7-5-4-6-8-18/h4-12,15-16H,13-14H2,1-3H3/t16-/m0/s1. The first-order valence-corrected chi connectivity index (χ1v) is 7.85. The largest absolute Gasteiger partial charge is 0.460 e. The second kappa shape index (κ2) is 7.79. The van der Waals surface area contributed by atoms with Crippen LogP contribution in [-0.2, 0) is 22.6 Å². The highest BCUT2D eigenvalue weighted by Crippen LogP contribution is 2.19. The number of hydrogen-bond acceptors (Lipinski definition) is 2. The van der Waals surface area contributed by atoms with Crippen LogP contribution in [0.15, 0.2) is 54.6 Å². The molecule has 0 spiro atoms. The van der Waals surface area contributed by atoms with E-state index in [1.807, 2.05) is 49.4 Å². The number of rotatable bonds is 6. The summed E-state index contributed by atoms with van der Waals surface area (Å²) < 4.78 is 5.40. The third-order valence-corrected chi connectivity index (χ3v) is 3.70. The van der Waals surface area contributed by atoms with Gasteiger partial charge in [-0.25, -0.2) is 0 Å². The molecule has 2 aromatic carbocycles. The minimum absolute atomic E-state index is 0.180. The fourth-order valence-electron chi connectivity index (χ4n) is 2.40. The Morgan fingerprint density at radius 2 is 1.55 bits per heavy atom. The fourth-order valence-corrected chi connectivity index (χ4v) is 2.40. The molecule has 0 aromatic heterocycles. The van der Waals surface area contributed by atoms with Crippen molar-refractivity contribution in [2.75, 3.05) is 0 Å². The maximum absolute atomic E-state index is 12.2. The second-order valence-electron chi connectivity index (χ2n) is 6.15. The van der Waals surface area contributed by atoms with E-state index in [1.165, 1.54) is 5.56 Å². The van der Waals surface area contributed by atoms with E-state index >= 15 is 0 Å². The van der Waals surface area contributed by atoms with Gasteiger partial charge in [-0.15, -0.1) is 0 Å². The summed E-state index contributed by atoms with van der Waals surface area (Å²) in [6.45, 7) is 6.63. The molecule has 0 amide bonds. The Hall–Kier alpha value is -2.09. The summed E-state index contributed by atoms with van der Waals surface area (Å²) in [7, 11) is 0. The van der Waals surface area contributed by atoms with E-state index in [2.05, 4.69) is 26.0 Å². The molecule has 0 aliphatic heterocycles. The van der Waals surface area contributed by atoms with Gasteiger partial charge in [-0.2, -0.15) is 0 Å². The molecule has 2 aromatic rings. The molecule has 22 heavy (non-hydrogen) atoms. The van der Waals surface area contributed by atoms with Gasteiger partial charge in [0.15, 0.2) is 0 Å². The Bertz CT molecular complexity index is 585. The molecule has 0 aliphatic carbocycles. The lowest BCUT2D eigenvalue weighted by molar-refractivity contribution is -0.146. The van der Waals surface area contributed by atoms with Crippen LogP contribution in [0.5, 0.6) is 0 Å². The van der Waals surface area contributed by atoms with Crippen molar-refractivity contribution in [3.05, 3.63) is 71.3 Å². The summed E-state index contributed by atoms with van der Waals surface area (Å²) in [5, 5.41) is 0. The molecular weight excluding hydrogens is 272 g/mol. The van der Waals surface area contributed by atoms with Crippen molar-refractivity contribution in [1.29, 1.82) is 0 Å². The first-order valence-electron chi connectivity index (χ1n) is 7.85. The molecule has 116 valence electrons. The molecule has 0 radical (unpaired) electrons. The van der Waals surface area contributed by atoms with Crippen molar-refractivity contribution in [2.45, 2.75) is 39.7 Å². The van der Waals surface area contributed by atoms with Gasteiger partial charge in [-0.05, 0) is 36.0 Å². The van der Waals surface area contributed by atoms with E-state index in [4.69, 9.17) is 4.74 Å². The average Bonchev–Trinajstić information content (AvgIpc) is 2.53. The predicted octanol–water partition coefficient (Wildman–Crippen LogP) is 4.73. The lowest BCUT2D eigenvalue weighted by Gasteiger charge is -2.13. The molecule has 0 bridgehead atoms. The van der Waals surface area contributed by atoms with Gasteiger partial charge in [0.2, 0.25) is 0 Å². The highest BCUT2D eigenvalue weighted by atomic mass is 16.5. The lowest BCUT2D eigenvalue weighted by atomic mass is 9.97. The normalized spacial score (nSPS) is 12.2. The topological polar surface area (TPSA) is 26.3 Å². The molecule has 0 aliphatic rings. The first kappa shape index (κ1) is 16.3. The summed E-state index contributed by atoms with van der Waals surface area (Å²) >= 11 is 0. The van der Waals surface area contributed by atoms with Gasteiger partial charge in [0.25, 0.3) is 0 Å². The van der Waals surface area contributed by atoms with Crippen LogP contribution in [0.1, 0.15) is 43.4 Å². The quantitative estimate of drug-likeness (QED) is 0.720. The number of esters is 1. The molecule has 1 atom stereocenters. The minimum Gasteiger partial charge on any atom is -0.460 e. The van der Waals surface area contributed by atoms with Crippen LogP contribution in [0.4, 0.5) is 0 Å². The van der Waals surface area contributed by atoms with Crippen LogP contribution in [0.2, 0.25) is 0 Å². The third kappa shape index (κ3) is 4.73. The number of ether oxygens (including phenoxy) is 1. The number of benzene rings is 2. The van der Waals surface area contributed by atoms with Crippen molar-refractivity contribution in [2.24, 2.45) is 5.92 Å². The van der Waals surface area contributed by atoms with Crippen LogP contribution in [0, 0.1) is 5.92 Å². The van der Waals surface area contributed by atoms with Gasteiger partial charge in [-0.1, -0.05) is 68.4 Å². The highest BCUT2D eigenvalue weighted by molar-refractivity contribution is 5.77. The van der Waals surface area contributed by atoms with Crippen LogP contribution in [0.3, 0.4) is 0 Å². The monoisotopic (exact) mass is 296 g/mol. The van der Waals surface area contributed by atoms with E-state index < -0.39 is 0 Å². The predicted molar refractivity (Wildman–Crippen MR) is 89.6 cm³/mol.